The molecule has 2 aromatic heterocycles. The molecule has 10 heteroatoms. The van der Waals surface area contributed by atoms with Crippen LogP contribution in [0, 0.1) is 17.6 Å². The Morgan fingerprint density at radius 1 is 1.34 bits per heavy atom. The Morgan fingerprint density at radius 2 is 2.07 bits per heavy atom. The summed E-state index contributed by atoms with van der Waals surface area (Å²) < 4.78 is 28.9. The molecule has 1 atom stereocenters. The molecular weight excluding hydrogens is 400 g/mol. The molecule has 1 aliphatic heterocycles. The van der Waals surface area contributed by atoms with Crippen molar-refractivity contribution in [3.8, 4) is 5.88 Å². The van der Waals surface area contributed by atoms with Crippen molar-refractivity contribution >= 4 is 22.2 Å². The van der Waals surface area contributed by atoms with E-state index >= 15 is 0 Å². The second-order valence-electron chi connectivity index (χ2n) is 7.15. The molecule has 0 saturated carbocycles. The highest BCUT2D eigenvalue weighted by Gasteiger charge is 2.33. The molecule has 3 heterocycles. The number of halogens is 2. The van der Waals surface area contributed by atoms with E-state index in [-0.39, 0.29) is 17.7 Å². The summed E-state index contributed by atoms with van der Waals surface area (Å²) >= 11 is 1.26. The number of fused-ring (bicyclic) bond motifs is 1. The van der Waals surface area contributed by atoms with Gasteiger partial charge in [0.15, 0.2) is 17.5 Å². The number of thiazole rings is 1. The summed E-state index contributed by atoms with van der Waals surface area (Å²) in [4.78, 5) is 19.0. The number of aryl methyl sites for hydroxylation is 1. The summed E-state index contributed by atoms with van der Waals surface area (Å²) in [6.45, 7) is 2.99. The Hall–Kier alpha value is -2.59. The molecule has 1 saturated heterocycles. The number of amides is 1. The number of benzene rings is 1. The minimum atomic E-state index is -0.952. The molecule has 3 aromatic rings. The lowest BCUT2D eigenvalue weighted by Gasteiger charge is -2.36. The maximum atomic E-state index is 14.0. The van der Waals surface area contributed by atoms with Gasteiger partial charge in [-0.2, -0.15) is 4.52 Å². The lowest BCUT2D eigenvalue weighted by molar-refractivity contribution is -0.123. The summed E-state index contributed by atoms with van der Waals surface area (Å²) in [7, 11) is 0. The van der Waals surface area contributed by atoms with Gasteiger partial charge in [0.25, 0.3) is 0 Å². The smallest absolute Gasteiger partial charge is 0.230 e. The van der Waals surface area contributed by atoms with Gasteiger partial charge in [-0.05, 0) is 43.6 Å². The molecule has 0 unspecified atom stereocenters. The summed E-state index contributed by atoms with van der Waals surface area (Å²) in [5.41, 5.74) is 5.94. The highest BCUT2D eigenvalue weighted by atomic mass is 32.1. The van der Waals surface area contributed by atoms with Gasteiger partial charge < -0.3 is 10.8 Å². The van der Waals surface area contributed by atoms with Crippen molar-refractivity contribution in [2.24, 2.45) is 11.7 Å². The second kappa shape index (κ2) is 7.68. The van der Waals surface area contributed by atoms with Gasteiger partial charge in [-0.15, -0.1) is 5.10 Å². The van der Waals surface area contributed by atoms with Gasteiger partial charge in [0.1, 0.15) is 0 Å². The van der Waals surface area contributed by atoms with Gasteiger partial charge in [-0.25, -0.2) is 13.8 Å². The topological polar surface area (TPSA) is 96.8 Å². The molecule has 29 heavy (non-hydrogen) atoms. The van der Waals surface area contributed by atoms with Gasteiger partial charge >= 0.3 is 0 Å². The molecule has 1 aromatic carbocycles. The minimum absolute atomic E-state index is 0.0658. The Labute approximate surface area is 169 Å². The van der Waals surface area contributed by atoms with E-state index in [9.17, 15) is 18.7 Å². The number of aromatic hydroxyl groups is 1. The van der Waals surface area contributed by atoms with Gasteiger partial charge in [-0.3, -0.25) is 9.69 Å². The van der Waals surface area contributed by atoms with Crippen molar-refractivity contribution in [3.63, 3.8) is 0 Å². The van der Waals surface area contributed by atoms with Crippen LogP contribution < -0.4 is 5.73 Å². The standard InChI is InChI=1S/C19H21F2N5O2S/c1-2-14-23-19-26(24-14)18(28)16(29-19)15(11-3-4-12(20)13(21)9-11)25-7-5-10(6-8-25)17(22)27/h3-4,9-10,15,28H,2,5-8H2,1H3,(H2,22,27)/t15-/m0/s1. The van der Waals surface area contributed by atoms with Gasteiger partial charge in [0, 0.05) is 12.3 Å². The number of carbonyl (C=O) groups is 1. The molecule has 1 aliphatic rings. The van der Waals surface area contributed by atoms with E-state index < -0.39 is 17.7 Å². The van der Waals surface area contributed by atoms with E-state index in [1.807, 2.05) is 11.8 Å². The van der Waals surface area contributed by atoms with Crippen LogP contribution in [0.15, 0.2) is 18.2 Å². The van der Waals surface area contributed by atoms with Crippen LogP contribution in [0.2, 0.25) is 0 Å². The van der Waals surface area contributed by atoms with Crippen LogP contribution in [-0.4, -0.2) is 43.6 Å². The number of primary amides is 1. The quantitative estimate of drug-likeness (QED) is 0.660. The van der Waals surface area contributed by atoms with Crippen molar-refractivity contribution < 1.29 is 18.7 Å². The first kappa shape index (κ1) is 19.7. The Bertz CT molecular complexity index is 1060. The predicted octanol–water partition coefficient (Wildman–Crippen LogP) is 2.62. The van der Waals surface area contributed by atoms with Crippen LogP contribution in [0.1, 0.15) is 42.1 Å². The average Bonchev–Trinajstić information content (AvgIpc) is 3.25. The molecule has 0 radical (unpaired) electrons. The Kier molecular flexibility index (Phi) is 5.22. The lowest BCUT2D eigenvalue weighted by Crippen LogP contribution is -2.40. The molecule has 0 bridgehead atoms. The molecule has 1 amide bonds. The van der Waals surface area contributed by atoms with Crippen molar-refractivity contribution in [3.05, 3.63) is 46.1 Å². The zero-order valence-corrected chi connectivity index (χ0v) is 16.6. The van der Waals surface area contributed by atoms with Crippen LogP contribution in [0.5, 0.6) is 5.88 Å². The van der Waals surface area contributed by atoms with E-state index in [1.165, 1.54) is 21.9 Å². The predicted molar refractivity (Wildman–Crippen MR) is 104 cm³/mol. The molecular formula is C19H21F2N5O2S. The molecule has 154 valence electrons. The second-order valence-corrected chi connectivity index (χ2v) is 8.16. The van der Waals surface area contributed by atoms with Crippen LogP contribution in [0.4, 0.5) is 8.78 Å². The number of hydrogen-bond acceptors (Lipinski definition) is 6. The monoisotopic (exact) mass is 421 g/mol. The van der Waals surface area contributed by atoms with Crippen LogP contribution in [0.3, 0.4) is 0 Å². The number of aromatic nitrogens is 3. The number of carbonyl (C=O) groups excluding carboxylic acids is 1. The number of rotatable bonds is 5. The molecule has 3 N–H and O–H groups in total. The first-order chi connectivity index (χ1) is 13.9. The third kappa shape index (κ3) is 3.58. The largest absolute Gasteiger partial charge is 0.492 e. The number of nitrogens with two attached hydrogens (primary N) is 1. The summed E-state index contributed by atoms with van der Waals surface area (Å²) in [5.74, 6) is -1.87. The highest BCUT2D eigenvalue weighted by molar-refractivity contribution is 7.17. The van der Waals surface area contributed by atoms with Crippen molar-refractivity contribution in [1.82, 2.24) is 19.5 Å². The summed E-state index contributed by atoms with van der Waals surface area (Å²) in [6, 6.07) is 3.22. The molecule has 0 spiro atoms. The number of nitrogens with zero attached hydrogens (tertiary/aromatic N) is 4. The van der Waals surface area contributed by atoms with E-state index in [4.69, 9.17) is 5.73 Å². The molecule has 0 aliphatic carbocycles. The zero-order valence-electron chi connectivity index (χ0n) is 15.8. The first-order valence-corrected chi connectivity index (χ1v) is 10.3. The van der Waals surface area contributed by atoms with Gasteiger partial charge in [0.05, 0.1) is 10.9 Å². The SMILES string of the molecule is CCc1nc2sc([C@H](c3ccc(F)c(F)c3)N3CCC(C(N)=O)CC3)c(O)n2n1. The van der Waals surface area contributed by atoms with E-state index in [1.54, 1.807) is 0 Å². The molecule has 4 rings (SSSR count). The fourth-order valence-electron chi connectivity index (χ4n) is 3.77. The first-order valence-electron chi connectivity index (χ1n) is 9.44. The van der Waals surface area contributed by atoms with Crippen LogP contribution in [0.25, 0.3) is 4.96 Å². The van der Waals surface area contributed by atoms with Crippen LogP contribution >= 0.6 is 11.3 Å². The summed E-state index contributed by atoms with van der Waals surface area (Å²) in [5, 5.41) is 15.1. The minimum Gasteiger partial charge on any atom is -0.492 e. The van der Waals surface area contributed by atoms with E-state index in [0.717, 1.165) is 12.1 Å². The van der Waals surface area contributed by atoms with Crippen molar-refractivity contribution in [2.75, 3.05) is 13.1 Å². The van der Waals surface area contributed by atoms with Crippen molar-refractivity contribution in [1.29, 1.82) is 0 Å². The third-order valence-corrected chi connectivity index (χ3v) is 6.44. The highest BCUT2D eigenvalue weighted by Crippen LogP contribution is 2.41. The van der Waals surface area contributed by atoms with E-state index in [2.05, 4.69) is 10.1 Å². The Morgan fingerprint density at radius 3 is 2.66 bits per heavy atom. The van der Waals surface area contributed by atoms with Gasteiger partial charge in [0.2, 0.25) is 16.7 Å². The molecule has 1 fully saturated rings. The van der Waals surface area contributed by atoms with Gasteiger partial charge in [-0.1, -0.05) is 24.3 Å². The maximum Gasteiger partial charge on any atom is 0.230 e. The number of hydrogen-bond donors (Lipinski definition) is 2. The zero-order chi connectivity index (χ0) is 20.7. The van der Waals surface area contributed by atoms with Crippen molar-refractivity contribution in [2.45, 2.75) is 32.2 Å². The average molecular weight is 421 g/mol. The number of piperidine rings is 1. The van der Waals surface area contributed by atoms with E-state index in [0.29, 0.717) is 53.6 Å². The fraction of sp³-hybridized carbons (Fsp3) is 0.421. The third-order valence-electron chi connectivity index (χ3n) is 5.36. The van der Waals surface area contributed by atoms with Crippen LogP contribution in [-0.2, 0) is 11.2 Å². The Balaban J connectivity index is 1.76. The fourth-order valence-corrected chi connectivity index (χ4v) is 4.91. The lowest BCUT2D eigenvalue weighted by atomic mass is 9.93. The molecule has 7 nitrogen and oxygen atoms in total. The summed E-state index contributed by atoms with van der Waals surface area (Å²) in [6.07, 6.45) is 1.77. The maximum absolute atomic E-state index is 14.0. The number of likely N-dealkylation sites (tertiary alicyclic amines) is 1. The normalized spacial score (nSPS) is 17.1.